The number of carbonyl (C=O) groups excluding carboxylic acids is 2. The minimum Gasteiger partial charge on any atom is -0.353 e. The molecular formula is C25H24FN3O2. The number of aryl methyl sites for hydroxylation is 1. The summed E-state index contributed by atoms with van der Waals surface area (Å²) in [5.74, 6) is -0.589. The van der Waals surface area contributed by atoms with Gasteiger partial charge in [0.2, 0.25) is 11.8 Å². The molecule has 4 rings (SSSR count). The molecule has 0 radical (unpaired) electrons. The molecule has 0 saturated carbocycles. The lowest BCUT2D eigenvalue weighted by Gasteiger charge is -2.35. The Hall–Kier alpha value is -3.54. The van der Waals surface area contributed by atoms with E-state index in [-0.39, 0.29) is 24.1 Å². The Labute approximate surface area is 180 Å². The number of pyridine rings is 1. The van der Waals surface area contributed by atoms with Crippen molar-refractivity contribution in [3.8, 4) is 11.1 Å². The van der Waals surface area contributed by atoms with E-state index >= 15 is 0 Å². The SMILES string of the molecule is O=C1NCCN(C(=O)CCc2ccccc2F)[C@H]1Cc1ccc(-c2cccnc2)cc1. The third-order valence-corrected chi connectivity index (χ3v) is 5.60. The number of hydrogen-bond acceptors (Lipinski definition) is 3. The van der Waals surface area contributed by atoms with E-state index in [0.29, 0.717) is 31.5 Å². The number of benzene rings is 2. The lowest BCUT2D eigenvalue weighted by atomic mass is 9.98. The molecule has 1 N–H and O–H groups in total. The molecule has 31 heavy (non-hydrogen) atoms. The summed E-state index contributed by atoms with van der Waals surface area (Å²) in [6, 6.07) is 17.7. The summed E-state index contributed by atoms with van der Waals surface area (Å²) in [4.78, 5) is 31.2. The Morgan fingerprint density at radius 2 is 1.87 bits per heavy atom. The van der Waals surface area contributed by atoms with E-state index < -0.39 is 6.04 Å². The minimum absolute atomic E-state index is 0.130. The normalized spacial score (nSPS) is 16.1. The zero-order valence-corrected chi connectivity index (χ0v) is 17.1. The molecule has 1 aliphatic rings. The second-order valence-electron chi connectivity index (χ2n) is 7.63. The van der Waals surface area contributed by atoms with Crippen LogP contribution in [0.3, 0.4) is 0 Å². The molecule has 2 amide bonds. The zero-order chi connectivity index (χ0) is 21.6. The summed E-state index contributed by atoms with van der Waals surface area (Å²) in [6.07, 6.45) is 4.46. The lowest BCUT2D eigenvalue weighted by Crippen LogP contribution is -2.58. The summed E-state index contributed by atoms with van der Waals surface area (Å²) in [5, 5.41) is 2.86. The van der Waals surface area contributed by atoms with Crippen LogP contribution in [0.2, 0.25) is 0 Å². The van der Waals surface area contributed by atoms with Gasteiger partial charge < -0.3 is 10.2 Å². The third kappa shape index (κ3) is 4.97. The Morgan fingerprint density at radius 1 is 1.06 bits per heavy atom. The van der Waals surface area contributed by atoms with E-state index in [1.165, 1.54) is 6.07 Å². The number of carbonyl (C=O) groups is 2. The predicted octanol–water partition coefficient (Wildman–Crippen LogP) is 3.39. The van der Waals surface area contributed by atoms with Crippen LogP contribution in [-0.2, 0) is 22.4 Å². The first-order chi connectivity index (χ1) is 15.1. The van der Waals surface area contributed by atoms with E-state index in [0.717, 1.165) is 16.7 Å². The van der Waals surface area contributed by atoms with Crippen LogP contribution < -0.4 is 5.32 Å². The molecule has 3 aromatic rings. The van der Waals surface area contributed by atoms with Crippen LogP contribution in [0.15, 0.2) is 73.1 Å². The Balaban J connectivity index is 1.44. The van der Waals surface area contributed by atoms with Crippen molar-refractivity contribution < 1.29 is 14.0 Å². The van der Waals surface area contributed by atoms with Gasteiger partial charge in [-0.3, -0.25) is 14.6 Å². The highest BCUT2D eigenvalue weighted by atomic mass is 19.1. The van der Waals surface area contributed by atoms with E-state index in [2.05, 4.69) is 10.3 Å². The lowest BCUT2D eigenvalue weighted by molar-refractivity contribution is -0.143. The van der Waals surface area contributed by atoms with E-state index in [9.17, 15) is 14.0 Å². The Kier molecular flexibility index (Phi) is 6.36. The first kappa shape index (κ1) is 20.7. The van der Waals surface area contributed by atoms with Gasteiger partial charge in [-0.2, -0.15) is 0 Å². The van der Waals surface area contributed by atoms with E-state index in [4.69, 9.17) is 0 Å². The van der Waals surface area contributed by atoms with Crippen LogP contribution in [0.1, 0.15) is 17.5 Å². The second-order valence-corrected chi connectivity index (χ2v) is 7.63. The summed E-state index contributed by atoms with van der Waals surface area (Å²) < 4.78 is 13.9. The predicted molar refractivity (Wildman–Crippen MR) is 117 cm³/mol. The van der Waals surface area contributed by atoms with Gasteiger partial charge in [-0.25, -0.2) is 4.39 Å². The van der Waals surface area contributed by atoms with Gasteiger partial charge in [0.1, 0.15) is 11.9 Å². The van der Waals surface area contributed by atoms with Crippen molar-refractivity contribution in [2.24, 2.45) is 0 Å². The first-order valence-electron chi connectivity index (χ1n) is 10.4. The number of amides is 2. The maximum atomic E-state index is 13.9. The standard InChI is InChI=1S/C25H24FN3O2/c26-22-6-2-1-4-20(22)11-12-24(30)29-15-14-28-25(31)23(29)16-18-7-9-19(10-8-18)21-5-3-13-27-17-21/h1-10,13,17,23H,11-12,14-16H2,(H,28,31)/t23-/m0/s1. The molecule has 0 bridgehead atoms. The second kappa shape index (κ2) is 9.51. The van der Waals surface area contributed by atoms with Crippen molar-refractivity contribution in [1.82, 2.24) is 15.2 Å². The molecule has 1 aliphatic heterocycles. The molecule has 2 heterocycles. The molecule has 2 aromatic carbocycles. The number of nitrogens with zero attached hydrogens (tertiary/aromatic N) is 2. The minimum atomic E-state index is -0.564. The number of nitrogens with one attached hydrogen (secondary N) is 1. The van der Waals surface area contributed by atoms with Crippen molar-refractivity contribution in [3.63, 3.8) is 0 Å². The molecule has 1 atom stereocenters. The molecule has 5 nitrogen and oxygen atoms in total. The van der Waals surface area contributed by atoms with Crippen LogP contribution in [-0.4, -0.2) is 40.8 Å². The summed E-state index contributed by atoms with van der Waals surface area (Å²) in [5.41, 5.74) is 3.55. The number of aromatic nitrogens is 1. The van der Waals surface area contributed by atoms with Gasteiger partial charge >= 0.3 is 0 Å². The van der Waals surface area contributed by atoms with Gasteiger partial charge in [0.25, 0.3) is 0 Å². The largest absolute Gasteiger partial charge is 0.353 e. The summed E-state index contributed by atoms with van der Waals surface area (Å²) in [7, 11) is 0. The van der Waals surface area contributed by atoms with E-state index in [1.807, 2.05) is 36.4 Å². The van der Waals surface area contributed by atoms with E-state index in [1.54, 1.807) is 35.5 Å². The molecule has 0 aliphatic carbocycles. The monoisotopic (exact) mass is 417 g/mol. The average Bonchev–Trinajstić information content (AvgIpc) is 2.81. The topological polar surface area (TPSA) is 62.3 Å². The highest BCUT2D eigenvalue weighted by molar-refractivity contribution is 5.89. The number of rotatable bonds is 6. The van der Waals surface area contributed by atoms with Gasteiger partial charge in [-0.1, -0.05) is 48.5 Å². The van der Waals surface area contributed by atoms with Crippen molar-refractivity contribution in [1.29, 1.82) is 0 Å². The highest BCUT2D eigenvalue weighted by Gasteiger charge is 2.32. The maximum Gasteiger partial charge on any atom is 0.243 e. The molecule has 6 heteroatoms. The van der Waals surface area contributed by atoms with Crippen LogP contribution in [0.5, 0.6) is 0 Å². The fraction of sp³-hybridized carbons (Fsp3) is 0.240. The molecule has 1 aromatic heterocycles. The van der Waals surface area contributed by atoms with Gasteiger partial charge in [-0.05, 0) is 40.8 Å². The molecule has 1 saturated heterocycles. The third-order valence-electron chi connectivity index (χ3n) is 5.60. The highest BCUT2D eigenvalue weighted by Crippen LogP contribution is 2.21. The van der Waals surface area contributed by atoms with Crippen LogP contribution in [0.25, 0.3) is 11.1 Å². The smallest absolute Gasteiger partial charge is 0.243 e. The van der Waals surface area contributed by atoms with Crippen LogP contribution in [0.4, 0.5) is 4.39 Å². The Bertz CT molecular complexity index is 1050. The number of halogens is 1. The molecule has 0 spiro atoms. The van der Waals surface area contributed by atoms with Crippen molar-refractivity contribution in [2.45, 2.75) is 25.3 Å². The summed E-state index contributed by atoms with van der Waals surface area (Å²) in [6.45, 7) is 0.890. The van der Waals surface area contributed by atoms with Gasteiger partial charge in [0.15, 0.2) is 0 Å². The van der Waals surface area contributed by atoms with Gasteiger partial charge in [0, 0.05) is 38.3 Å². The molecule has 158 valence electrons. The zero-order valence-electron chi connectivity index (χ0n) is 17.1. The van der Waals surface area contributed by atoms with Crippen molar-refractivity contribution >= 4 is 11.8 Å². The van der Waals surface area contributed by atoms with Crippen LogP contribution in [0, 0.1) is 5.82 Å². The molecular weight excluding hydrogens is 393 g/mol. The fourth-order valence-corrected chi connectivity index (χ4v) is 3.89. The van der Waals surface area contributed by atoms with Gasteiger partial charge in [-0.15, -0.1) is 0 Å². The average molecular weight is 417 g/mol. The van der Waals surface area contributed by atoms with Crippen molar-refractivity contribution in [3.05, 3.63) is 90.0 Å². The number of piperazine rings is 1. The van der Waals surface area contributed by atoms with Gasteiger partial charge in [0.05, 0.1) is 0 Å². The molecule has 0 unspecified atom stereocenters. The van der Waals surface area contributed by atoms with Crippen molar-refractivity contribution in [2.75, 3.05) is 13.1 Å². The number of hydrogen-bond donors (Lipinski definition) is 1. The van der Waals surface area contributed by atoms with Crippen LogP contribution >= 0.6 is 0 Å². The quantitative estimate of drug-likeness (QED) is 0.669. The molecule has 1 fully saturated rings. The maximum absolute atomic E-state index is 13.9. The Morgan fingerprint density at radius 3 is 2.61 bits per heavy atom. The summed E-state index contributed by atoms with van der Waals surface area (Å²) >= 11 is 0. The first-order valence-corrected chi connectivity index (χ1v) is 10.4. The fourth-order valence-electron chi connectivity index (χ4n) is 3.89.